The van der Waals surface area contributed by atoms with Gasteiger partial charge in [0.15, 0.2) is 11.5 Å². The van der Waals surface area contributed by atoms with E-state index in [1.54, 1.807) is 14.2 Å². The highest BCUT2D eigenvalue weighted by Gasteiger charge is 2.24. The molecule has 3 N–H and O–H groups in total. The monoisotopic (exact) mass is 395 g/mol. The van der Waals surface area contributed by atoms with Gasteiger partial charge in [-0.1, -0.05) is 30.3 Å². The van der Waals surface area contributed by atoms with Crippen LogP contribution in [0.25, 0.3) is 10.9 Å². The summed E-state index contributed by atoms with van der Waals surface area (Å²) >= 11 is 0. The molecule has 29 heavy (non-hydrogen) atoms. The summed E-state index contributed by atoms with van der Waals surface area (Å²) < 4.78 is 11.2. The number of hydrogen-bond donors (Lipinski definition) is 3. The summed E-state index contributed by atoms with van der Waals surface area (Å²) in [6.45, 7) is 1.30. The van der Waals surface area contributed by atoms with Crippen LogP contribution in [0.4, 0.5) is 0 Å². The number of amides is 1. The molecule has 1 amide bonds. The Morgan fingerprint density at radius 1 is 1.07 bits per heavy atom. The van der Waals surface area contributed by atoms with E-state index in [1.165, 1.54) is 0 Å². The Balaban J connectivity index is 1.96. The normalized spacial score (nSPS) is 12.0. The van der Waals surface area contributed by atoms with Crippen LogP contribution < -0.4 is 20.1 Å². The number of H-pyrrole nitrogens is 1. The SMILES string of the molecule is CNCCCC(=O)NCC(c1cccc(OC)c1OC)c1c[nH]c2ccccc12. The number of carbonyl (C=O) groups excluding carboxylic acids is 1. The average Bonchev–Trinajstić information content (AvgIpc) is 3.18. The number of ether oxygens (including phenoxy) is 2. The molecule has 1 aromatic heterocycles. The van der Waals surface area contributed by atoms with Gasteiger partial charge in [-0.2, -0.15) is 0 Å². The summed E-state index contributed by atoms with van der Waals surface area (Å²) in [4.78, 5) is 15.7. The Morgan fingerprint density at radius 2 is 1.90 bits per heavy atom. The summed E-state index contributed by atoms with van der Waals surface area (Å²) in [6.07, 6.45) is 3.32. The first-order chi connectivity index (χ1) is 14.2. The Bertz CT molecular complexity index is 951. The van der Waals surface area contributed by atoms with Crippen LogP contribution in [0.2, 0.25) is 0 Å². The smallest absolute Gasteiger partial charge is 0.220 e. The number of para-hydroxylation sites is 2. The van der Waals surface area contributed by atoms with Crippen LogP contribution in [-0.2, 0) is 4.79 Å². The minimum absolute atomic E-state index is 0.0481. The van der Waals surface area contributed by atoms with Gasteiger partial charge >= 0.3 is 0 Å². The predicted octanol–water partition coefficient (Wildman–Crippen LogP) is 3.43. The van der Waals surface area contributed by atoms with Crippen molar-refractivity contribution in [3.05, 3.63) is 59.8 Å². The second kappa shape index (κ2) is 9.98. The fraction of sp³-hybridized carbons (Fsp3) is 0.348. The van der Waals surface area contributed by atoms with E-state index in [1.807, 2.05) is 43.6 Å². The number of fused-ring (bicyclic) bond motifs is 1. The van der Waals surface area contributed by atoms with Crippen LogP contribution >= 0.6 is 0 Å². The molecule has 154 valence electrons. The third kappa shape index (κ3) is 4.71. The van der Waals surface area contributed by atoms with Gasteiger partial charge in [-0.3, -0.25) is 4.79 Å². The Labute approximate surface area is 171 Å². The fourth-order valence-electron chi connectivity index (χ4n) is 3.69. The maximum absolute atomic E-state index is 12.4. The van der Waals surface area contributed by atoms with Crippen LogP contribution in [0, 0.1) is 0 Å². The summed E-state index contributed by atoms with van der Waals surface area (Å²) in [5, 5.41) is 7.31. The third-order valence-corrected chi connectivity index (χ3v) is 5.14. The first-order valence-corrected chi connectivity index (χ1v) is 9.87. The van der Waals surface area contributed by atoms with E-state index >= 15 is 0 Å². The minimum atomic E-state index is -0.0792. The molecule has 3 rings (SSSR count). The second-order valence-electron chi connectivity index (χ2n) is 6.94. The molecule has 0 radical (unpaired) electrons. The van der Waals surface area contributed by atoms with Gasteiger partial charge in [-0.05, 0) is 37.7 Å². The van der Waals surface area contributed by atoms with Gasteiger partial charge in [-0.15, -0.1) is 0 Å². The number of nitrogens with one attached hydrogen (secondary N) is 3. The molecule has 0 aliphatic rings. The molecule has 0 saturated carbocycles. The van der Waals surface area contributed by atoms with Crippen molar-refractivity contribution < 1.29 is 14.3 Å². The third-order valence-electron chi connectivity index (χ3n) is 5.14. The lowest BCUT2D eigenvalue weighted by molar-refractivity contribution is -0.121. The van der Waals surface area contributed by atoms with Crippen molar-refractivity contribution in [3.8, 4) is 11.5 Å². The van der Waals surface area contributed by atoms with E-state index in [4.69, 9.17) is 9.47 Å². The van der Waals surface area contributed by atoms with E-state index in [0.717, 1.165) is 35.0 Å². The quantitative estimate of drug-likeness (QED) is 0.460. The van der Waals surface area contributed by atoms with Crippen molar-refractivity contribution in [2.24, 2.45) is 0 Å². The molecule has 0 aliphatic heterocycles. The molecule has 6 heteroatoms. The molecule has 6 nitrogen and oxygen atoms in total. The molecule has 1 atom stereocenters. The highest BCUT2D eigenvalue weighted by Crippen LogP contribution is 2.40. The van der Waals surface area contributed by atoms with Crippen LogP contribution in [0.1, 0.15) is 29.9 Å². The lowest BCUT2D eigenvalue weighted by Gasteiger charge is -2.22. The van der Waals surface area contributed by atoms with Crippen LogP contribution in [0.15, 0.2) is 48.7 Å². The van der Waals surface area contributed by atoms with Crippen molar-refractivity contribution in [1.29, 1.82) is 0 Å². The maximum Gasteiger partial charge on any atom is 0.220 e. The summed E-state index contributed by atoms with van der Waals surface area (Å²) in [6, 6.07) is 14.0. The van der Waals surface area contributed by atoms with Gasteiger partial charge in [0.05, 0.1) is 14.2 Å². The van der Waals surface area contributed by atoms with Crippen molar-refractivity contribution in [2.45, 2.75) is 18.8 Å². The van der Waals surface area contributed by atoms with Gasteiger partial charge in [-0.25, -0.2) is 0 Å². The van der Waals surface area contributed by atoms with Crippen molar-refractivity contribution in [3.63, 3.8) is 0 Å². The highest BCUT2D eigenvalue weighted by atomic mass is 16.5. The summed E-state index contributed by atoms with van der Waals surface area (Å²) in [5.41, 5.74) is 3.16. The molecular formula is C23H29N3O3. The largest absolute Gasteiger partial charge is 0.493 e. The molecular weight excluding hydrogens is 366 g/mol. The molecule has 1 unspecified atom stereocenters. The van der Waals surface area contributed by atoms with E-state index in [2.05, 4.69) is 27.8 Å². The van der Waals surface area contributed by atoms with Crippen molar-refractivity contribution in [1.82, 2.24) is 15.6 Å². The molecule has 0 fully saturated rings. The van der Waals surface area contributed by atoms with Gasteiger partial charge in [0.2, 0.25) is 5.91 Å². The molecule has 1 heterocycles. The van der Waals surface area contributed by atoms with Gasteiger partial charge in [0.1, 0.15) is 0 Å². The van der Waals surface area contributed by atoms with Gasteiger partial charge in [0, 0.05) is 41.5 Å². The lowest BCUT2D eigenvalue weighted by atomic mass is 9.89. The van der Waals surface area contributed by atoms with E-state index in [9.17, 15) is 4.79 Å². The highest BCUT2D eigenvalue weighted by molar-refractivity contribution is 5.84. The van der Waals surface area contributed by atoms with E-state index in [0.29, 0.717) is 24.5 Å². The first-order valence-electron chi connectivity index (χ1n) is 9.87. The fourth-order valence-corrected chi connectivity index (χ4v) is 3.69. The van der Waals surface area contributed by atoms with Crippen LogP contribution in [0.5, 0.6) is 11.5 Å². The van der Waals surface area contributed by atoms with Gasteiger partial charge in [0.25, 0.3) is 0 Å². The standard InChI is InChI=1S/C23H29N3O3/c1-24-13-7-12-22(27)26-15-19(17-9-6-11-21(28-2)23(17)29-3)18-14-25-20-10-5-4-8-16(18)20/h4-6,8-11,14,19,24-25H,7,12-13,15H2,1-3H3,(H,26,27). The van der Waals surface area contributed by atoms with E-state index in [-0.39, 0.29) is 11.8 Å². The Morgan fingerprint density at radius 3 is 2.66 bits per heavy atom. The average molecular weight is 396 g/mol. The first kappa shape index (κ1) is 20.7. The Kier molecular flexibility index (Phi) is 7.14. The second-order valence-corrected chi connectivity index (χ2v) is 6.94. The van der Waals surface area contributed by atoms with Crippen LogP contribution in [0.3, 0.4) is 0 Å². The zero-order chi connectivity index (χ0) is 20.6. The zero-order valence-electron chi connectivity index (χ0n) is 17.2. The number of aromatic nitrogens is 1. The molecule has 2 aromatic carbocycles. The lowest BCUT2D eigenvalue weighted by Crippen LogP contribution is -2.29. The maximum atomic E-state index is 12.4. The molecule has 0 bridgehead atoms. The van der Waals surface area contributed by atoms with Crippen molar-refractivity contribution in [2.75, 3.05) is 34.4 Å². The molecule has 0 aliphatic carbocycles. The predicted molar refractivity (Wildman–Crippen MR) is 116 cm³/mol. The molecule has 3 aromatic rings. The molecule has 0 saturated heterocycles. The number of rotatable bonds is 10. The van der Waals surface area contributed by atoms with Crippen LogP contribution in [-0.4, -0.2) is 45.2 Å². The minimum Gasteiger partial charge on any atom is -0.493 e. The summed E-state index contributed by atoms with van der Waals surface area (Å²) in [7, 11) is 5.16. The summed E-state index contributed by atoms with van der Waals surface area (Å²) in [5.74, 6) is 1.33. The molecule has 0 spiro atoms. The number of benzene rings is 2. The van der Waals surface area contributed by atoms with E-state index < -0.39 is 0 Å². The number of aromatic amines is 1. The topological polar surface area (TPSA) is 75.4 Å². The number of hydrogen-bond acceptors (Lipinski definition) is 4. The van der Waals surface area contributed by atoms with Crippen molar-refractivity contribution >= 4 is 16.8 Å². The number of methoxy groups -OCH3 is 2. The Hall–Kier alpha value is -2.99. The van der Waals surface area contributed by atoms with Gasteiger partial charge < -0.3 is 25.1 Å². The number of carbonyl (C=O) groups is 1. The zero-order valence-corrected chi connectivity index (χ0v) is 17.2.